The second-order valence-corrected chi connectivity index (χ2v) is 5.96. The third-order valence-electron chi connectivity index (χ3n) is 3.41. The zero-order chi connectivity index (χ0) is 20.7. The van der Waals surface area contributed by atoms with Gasteiger partial charge in [-0.05, 0) is 6.92 Å². The average molecular weight is 391 g/mol. The van der Waals surface area contributed by atoms with E-state index in [1.807, 2.05) is 0 Å². The van der Waals surface area contributed by atoms with Crippen molar-refractivity contribution in [1.82, 2.24) is 5.32 Å². The van der Waals surface area contributed by atoms with Crippen molar-refractivity contribution in [2.24, 2.45) is 0 Å². The van der Waals surface area contributed by atoms with Crippen LogP contribution in [-0.2, 0) is 42.9 Å². The molecule has 0 aromatic heterocycles. The molecular formula is C16H25NO10. The summed E-state index contributed by atoms with van der Waals surface area (Å²) in [6.07, 6.45) is -6.01. The summed E-state index contributed by atoms with van der Waals surface area (Å²) in [5.74, 6) is -2.53. The van der Waals surface area contributed by atoms with E-state index in [0.29, 0.717) is 0 Å². The first-order chi connectivity index (χ1) is 12.5. The molecule has 1 rings (SSSR count). The van der Waals surface area contributed by atoms with Gasteiger partial charge in [-0.3, -0.25) is 19.2 Å². The number of amides is 1. The van der Waals surface area contributed by atoms with Crippen molar-refractivity contribution in [3.05, 3.63) is 0 Å². The quantitative estimate of drug-likeness (QED) is 0.314. The number of hydrogen-bond acceptors (Lipinski definition) is 10. The predicted molar refractivity (Wildman–Crippen MR) is 86.8 cm³/mol. The highest BCUT2D eigenvalue weighted by molar-refractivity contribution is 5.74. The summed E-state index contributed by atoms with van der Waals surface area (Å²) in [6, 6.07) is -1.12. The van der Waals surface area contributed by atoms with Crippen LogP contribution < -0.4 is 5.32 Å². The summed E-state index contributed by atoms with van der Waals surface area (Å²) >= 11 is 0. The van der Waals surface area contributed by atoms with Crippen molar-refractivity contribution in [1.29, 1.82) is 0 Å². The van der Waals surface area contributed by atoms with Gasteiger partial charge in [0.15, 0.2) is 12.4 Å². The van der Waals surface area contributed by atoms with E-state index in [1.54, 1.807) is 0 Å². The van der Waals surface area contributed by atoms with Crippen LogP contribution in [0.5, 0.6) is 0 Å². The Bertz CT molecular complexity index is 563. The molecule has 1 saturated heterocycles. The number of esters is 3. The normalized spacial score (nSPS) is 28.6. The van der Waals surface area contributed by atoms with Gasteiger partial charge in [0.1, 0.15) is 24.9 Å². The lowest BCUT2D eigenvalue weighted by atomic mass is 9.96. The molecule has 6 unspecified atom stereocenters. The third kappa shape index (κ3) is 7.49. The molecule has 1 heterocycles. The van der Waals surface area contributed by atoms with Crippen LogP contribution in [-0.4, -0.2) is 72.5 Å². The Morgan fingerprint density at radius 2 is 1.59 bits per heavy atom. The highest BCUT2D eigenvalue weighted by Gasteiger charge is 2.51. The molecule has 11 nitrogen and oxygen atoms in total. The number of hydrogen-bond donors (Lipinski definition) is 2. The molecule has 0 aromatic rings. The summed E-state index contributed by atoms with van der Waals surface area (Å²) in [5.41, 5.74) is 0. The Kier molecular flexibility index (Phi) is 8.60. The van der Waals surface area contributed by atoms with Crippen LogP contribution in [0.1, 0.15) is 34.6 Å². The highest BCUT2D eigenvalue weighted by atomic mass is 16.7. The number of ether oxygens (including phenoxy) is 5. The molecule has 1 amide bonds. The maximum Gasteiger partial charge on any atom is 0.305 e. The molecule has 154 valence electrons. The lowest BCUT2D eigenvalue weighted by Gasteiger charge is -2.45. The van der Waals surface area contributed by atoms with Crippen LogP contribution in [0.4, 0.5) is 0 Å². The molecule has 6 atom stereocenters. The van der Waals surface area contributed by atoms with E-state index in [9.17, 15) is 24.3 Å². The van der Waals surface area contributed by atoms with Crippen molar-refractivity contribution in [2.45, 2.75) is 71.6 Å². The van der Waals surface area contributed by atoms with E-state index in [2.05, 4.69) is 5.32 Å². The van der Waals surface area contributed by atoms with Crippen molar-refractivity contribution < 1.29 is 48.0 Å². The highest BCUT2D eigenvalue weighted by Crippen LogP contribution is 2.28. The first-order valence-corrected chi connectivity index (χ1v) is 8.25. The Hall–Kier alpha value is -2.24. The number of nitrogens with one attached hydrogen (secondary N) is 1. The van der Waals surface area contributed by atoms with Crippen molar-refractivity contribution >= 4 is 23.8 Å². The molecule has 1 aliphatic rings. The van der Waals surface area contributed by atoms with Crippen LogP contribution in [0.3, 0.4) is 0 Å². The lowest BCUT2D eigenvalue weighted by molar-refractivity contribution is -0.292. The Morgan fingerprint density at radius 3 is 2.04 bits per heavy atom. The molecule has 2 N–H and O–H groups in total. The Morgan fingerprint density at radius 1 is 1.00 bits per heavy atom. The molecule has 0 bridgehead atoms. The van der Waals surface area contributed by atoms with Crippen molar-refractivity contribution in [3.63, 3.8) is 0 Å². The molecule has 0 aromatic carbocycles. The zero-order valence-electron chi connectivity index (χ0n) is 15.8. The van der Waals surface area contributed by atoms with E-state index >= 15 is 0 Å². The Labute approximate surface area is 156 Å². The maximum absolute atomic E-state index is 11.6. The monoisotopic (exact) mass is 391 g/mol. The largest absolute Gasteiger partial charge is 0.463 e. The second-order valence-electron chi connectivity index (χ2n) is 5.96. The molecule has 1 fully saturated rings. The van der Waals surface area contributed by atoms with Gasteiger partial charge in [0, 0.05) is 27.7 Å². The molecule has 0 aliphatic carbocycles. The van der Waals surface area contributed by atoms with Gasteiger partial charge < -0.3 is 34.1 Å². The average Bonchev–Trinajstić information content (AvgIpc) is 2.49. The van der Waals surface area contributed by atoms with Gasteiger partial charge in [0.05, 0.1) is 0 Å². The first kappa shape index (κ1) is 22.8. The topological polar surface area (TPSA) is 147 Å². The second kappa shape index (κ2) is 10.2. The van der Waals surface area contributed by atoms with Crippen LogP contribution in [0.2, 0.25) is 0 Å². The van der Waals surface area contributed by atoms with Crippen molar-refractivity contribution in [3.8, 4) is 0 Å². The summed E-state index contributed by atoms with van der Waals surface area (Å²) in [5, 5.41) is 12.1. The molecule has 0 saturated carbocycles. The number of rotatable bonds is 7. The minimum atomic E-state index is -1.34. The van der Waals surface area contributed by atoms with Gasteiger partial charge in [0.2, 0.25) is 12.2 Å². The minimum Gasteiger partial charge on any atom is -0.463 e. The van der Waals surface area contributed by atoms with Crippen LogP contribution in [0.25, 0.3) is 0 Å². The van der Waals surface area contributed by atoms with Crippen molar-refractivity contribution in [2.75, 3.05) is 6.61 Å². The molecule has 0 spiro atoms. The number of aliphatic hydroxyl groups is 1. The molecule has 1 aliphatic heterocycles. The fraction of sp³-hybridized carbons (Fsp3) is 0.750. The number of carbonyl (C=O) groups excluding carboxylic acids is 4. The SMILES string of the molecule is CC(=O)NC1C(OC(C)=O)OC(COC(C)=O)C(OC(C)O)C1OC(C)=O. The summed E-state index contributed by atoms with van der Waals surface area (Å²) in [4.78, 5) is 45.8. The number of carbonyl (C=O) groups is 4. The van der Waals surface area contributed by atoms with Gasteiger partial charge >= 0.3 is 17.9 Å². The van der Waals surface area contributed by atoms with Gasteiger partial charge in [-0.15, -0.1) is 0 Å². The summed E-state index contributed by atoms with van der Waals surface area (Å²) in [7, 11) is 0. The molecule has 27 heavy (non-hydrogen) atoms. The van der Waals surface area contributed by atoms with E-state index in [-0.39, 0.29) is 6.61 Å². The third-order valence-corrected chi connectivity index (χ3v) is 3.41. The molecular weight excluding hydrogens is 366 g/mol. The predicted octanol–water partition coefficient (Wildman–Crippen LogP) is -1.00. The van der Waals surface area contributed by atoms with E-state index in [0.717, 1.165) is 13.8 Å². The summed E-state index contributed by atoms with van der Waals surface area (Å²) in [6.45, 7) is 5.66. The van der Waals surface area contributed by atoms with Gasteiger partial charge in [-0.1, -0.05) is 0 Å². The van der Waals surface area contributed by atoms with E-state index < -0.39 is 60.7 Å². The Balaban J connectivity index is 3.27. The first-order valence-electron chi connectivity index (χ1n) is 8.25. The van der Waals surface area contributed by atoms with E-state index in [4.69, 9.17) is 23.7 Å². The standard InChI is InChI=1S/C16H25NO10/c1-7(18)17-13-15(25-10(4)21)14(24-9(3)20)12(6-23-8(2)19)27-16(13)26-11(5)22/h9,12-16,20H,6H2,1-5H3,(H,17,18). The minimum absolute atomic E-state index is 0.324. The van der Waals surface area contributed by atoms with Gasteiger partial charge in [-0.25, -0.2) is 0 Å². The maximum atomic E-state index is 11.6. The van der Waals surface area contributed by atoms with Gasteiger partial charge in [0.25, 0.3) is 0 Å². The fourth-order valence-electron chi connectivity index (χ4n) is 2.61. The fourth-order valence-corrected chi connectivity index (χ4v) is 2.61. The van der Waals surface area contributed by atoms with E-state index in [1.165, 1.54) is 20.8 Å². The lowest BCUT2D eigenvalue weighted by Crippen LogP contribution is -2.66. The van der Waals surface area contributed by atoms with Gasteiger partial charge in [-0.2, -0.15) is 0 Å². The smallest absolute Gasteiger partial charge is 0.305 e. The summed E-state index contributed by atoms with van der Waals surface area (Å²) < 4.78 is 26.3. The molecule has 0 radical (unpaired) electrons. The van der Waals surface area contributed by atoms with Crippen LogP contribution >= 0.6 is 0 Å². The zero-order valence-corrected chi connectivity index (χ0v) is 15.8. The molecule has 11 heteroatoms. The van der Waals surface area contributed by atoms with Crippen LogP contribution in [0.15, 0.2) is 0 Å². The number of aliphatic hydroxyl groups excluding tert-OH is 1. The van der Waals surface area contributed by atoms with Crippen LogP contribution in [0, 0.1) is 0 Å².